The van der Waals surface area contributed by atoms with Gasteiger partial charge in [0, 0.05) is 17.2 Å². The van der Waals surface area contributed by atoms with Gasteiger partial charge < -0.3 is 11.1 Å². The predicted molar refractivity (Wildman–Crippen MR) is 100 cm³/mol. The molecule has 0 bridgehead atoms. The summed E-state index contributed by atoms with van der Waals surface area (Å²) in [6, 6.07) is 15.4. The fourth-order valence-corrected chi connectivity index (χ4v) is 3.40. The largest absolute Gasteiger partial charge is 0.382 e. The van der Waals surface area contributed by atoms with Gasteiger partial charge in [-0.1, -0.05) is 36.4 Å². The molecule has 4 nitrogen and oxygen atoms in total. The van der Waals surface area contributed by atoms with Crippen LogP contribution in [0.15, 0.2) is 58.3 Å². The monoisotopic (exact) mass is 341 g/mol. The Kier molecular flexibility index (Phi) is 4.64. The van der Waals surface area contributed by atoms with Gasteiger partial charge in [0.25, 0.3) is 5.91 Å². The molecule has 1 amide bonds. The lowest BCUT2D eigenvalue weighted by Crippen LogP contribution is -2.12. The predicted octanol–water partition coefficient (Wildman–Crippen LogP) is 4.14. The second kappa shape index (κ2) is 6.85. The maximum Gasteiger partial charge on any atom is 0.256 e. The van der Waals surface area contributed by atoms with Crippen LogP contribution in [0.5, 0.6) is 0 Å². The Hall–Kier alpha value is -2.31. The summed E-state index contributed by atoms with van der Waals surface area (Å²) in [5, 5.41) is 6.76. The van der Waals surface area contributed by atoms with E-state index in [9.17, 15) is 4.79 Å². The number of rotatable bonds is 4. The van der Waals surface area contributed by atoms with Crippen LogP contribution in [-0.4, -0.2) is 18.0 Å². The van der Waals surface area contributed by atoms with Crippen LogP contribution in [0.1, 0.15) is 15.2 Å². The molecule has 0 saturated carbocycles. The minimum absolute atomic E-state index is 0.133. The molecular formula is C17H15N3OS2. The SMILES string of the molecule is CSN=C(N)c1cc(NC(=O)c2cccc3ccccc23)cs1. The Morgan fingerprint density at radius 1 is 1.22 bits per heavy atom. The molecule has 0 fully saturated rings. The highest BCUT2D eigenvalue weighted by Crippen LogP contribution is 2.23. The third kappa shape index (κ3) is 3.38. The zero-order chi connectivity index (χ0) is 16.2. The average Bonchev–Trinajstić information content (AvgIpc) is 3.03. The molecule has 3 N–H and O–H groups in total. The number of carbonyl (C=O) groups is 1. The van der Waals surface area contributed by atoms with Gasteiger partial charge in [-0.05, 0) is 34.9 Å². The molecule has 0 atom stereocenters. The molecule has 1 heterocycles. The van der Waals surface area contributed by atoms with E-state index in [0.717, 1.165) is 21.3 Å². The molecule has 6 heteroatoms. The molecule has 0 aliphatic heterocycles. The Bertz CT molecular complexity index is 881. The highest BCUT2D eigenvalue weighted by Gasteiger charge is 2.11. The molecule has 1 aromatic heterocycles. The Labute approximate surface area is 142 Å². The van der Waals surface area contributed by atoms with E-state index >= 15 is 0 Å². The second-order valence-corrected chi connectivity index (χ2v) is 6.30. The summed E-state index contributed by atoms with van der Waals surface area (Å²) >= 11 is 2.76. The number of nitrogens with one attached hydrogen (secondary N) is 1. The van der Waals surface area contributed by atoms with Crippen LogP contribution < -0.4 is 11.1 Å². The summed E-state index contributed by atoms with van der Waals surface area (Å²) in [4.78, 5) is 13.4. The van der Waals surface area contributed by atoms with Crippen molar-refractivity contribution < 1.29 is 4.79 Å². The second-order valence-electron chi connectivity index (χ2n) is 4.84. The van der Waals surface area contributed by atoms with Crippen LogP contribution in [0, 0.1) is 0 Å². The van der Waals surface area contributed by atoms with Crippen molar-refractivity contribution >= 4 is 51.5 Å². The minimum Gasteiger partial charge on any atom is -0.382 e. The van der Waals surface area contributed by atoms with E-state index in [1.807, 2.05) is 60.2 Å². The van der Waals surface area contributed by atoms with E-state index in [1.54, 1.807) is 0 Å². The Balaban J connectivity index is 1.85. The number of thiophene rings is 1. The van der Waals surface area contributed by atoms with Gasteiger partial charge in [-0.3, -0.25) is 4.79 Å². The molecule has 0 unspecified atom stereocenters. The van der Waals surface area contributed by atoms with Crippen molar-refractivity contribution in [2.24, 2.45) is 10.1 Å². The zero-order valence-corrected chi connectivity index (χ0v) is 14.1. The summed E-state index contributed by atoms with van der Waals surface area (Å²) in [6.45, 7) is 0. The van der Waals surface area contributed by atoms with E-state index in [0.29, 0.717) is 11.4 Å². The first kappa shape index (κ1) is 15.6. The van der Waals surface area contributed by atoms with Gasteiger partial charge in [-0.25, -0.2) is 0 Å². The Morgan fingerprint density at radius 2 is 2.00 bits per heavy atom. The van der Waals surface area contributed by atoms with Crippen LogP contribution >= 0.6 is 23.3 Å². The van der Waals surface area contributed by atoms with Crippen LogP contribution in [0.25, 0.3) is 10.8 Å². The maximum atomic E-state index is 12.6. The summed E-state index contributed by atoms with van der Waals surface area (Å²) in [5.74, 6) is 0.333. The van der Waals surface area contributed by atoms with E-state index < -0.39 is 0 Å². The first-order valence-electron chi connectivity index (χ1n) is 6.93. The fourth-order valence-electron chi connectivity index (χ4n) is 2.30. The number of hydrogen-bond acceptors (Lipinski definition) is 4. The van der Waals surface area contributed by atoms with Gasteiger partial charge in [0.05, 0.1) is 10.6 Å². The summed E-state index contributed by atoms with van der Waals surface area (Å²) in [6.07, 6.45) is 1.85. The standard InChI is InChI=1S/C17H15N3OS2/c1-22-20-16(18)15-9-12(10-23-15)19-17(21)14-8-4-6-11-5-2-3-7-13(11)14/h2-10H,1H3,(H2,18,20)(H,19,21). The highest BCUT2D eigenvalue weighted by atomic mass is 32.2. The number of nitrogens with two attached hydrogens (primary N) is 1. The molecular weight excluding hydrogens is 326 g/mol. The normalized spacial score (nSPS) is 11.6. The number of amides is 1. The topological polar surface area (TPSA) is 67.5 Å². The number of hydrogen-bond donors (Lipinski definition) is 2. The number of benzene rings is 2. The molecule has 0 aliphatic rings. The third-order valence-electron chi connectivity index (χ3n) is 3.33. The van der Waals surface area contributed by atoms with Crippen molar-refractivity contribution in [2.75, 3.05) is 11.6 Å². The number of amidine groups is 1. The summed E-state index contributed by atoms with van der Waals surface area (Å²) in [7, 11) is 0. The van der Waals surface area contributed by atoms with E-state index in [-0.39, 0.29) is 5.91 Å². The molecule has 116 valence electrons. The number of fused-ring (bicyclic) bond motifs is 1. The van der Waals surface area contributed by atoms with Gasteiger partial charge in [-0.2, -0.15) is 4.40 Å². The molecule has 0 saturated heterocycles. The third-order valence-corrected chi connectivity index (χ3v) is 4.67. The van der Waals surface area contributed by atoms with Gasteiger partial charge in [0.1, 0.15) is 5.84 Å². The molecule has 2 aromatic carbocycles. The molecule has 0 radical (unpaired) electrons. The molecule has 3 aromatic rings. The number of nitrogens with zero attached hydrogens (tertiary/aromatic N) is 1. The van der Waals surface area contributed by atoms with Crippen molar-refractivity contribution in [3.05, 3.63) is 64.4 Å². The summed E-state index contributed by atoms with van der Waals surface area (Å²) in [5.41, 5.74) is 7.24. The van der Waals surface area contributed by atoms with Crippen LogP contribution in [0.3, 0.4) is 0 Å². The van der Waals surface area contributed by atoms with E-state index in [4.69, 9.17) is 5.73 Å². The van der Waals surface area contributed by atoms with Crippen molar-refractivity contribution in [3.63, 3.8) is 0 Å². The smallest absolute Gasteiger partial charge is 0.256 e. The van der Waals surface area contributed by atoms with Gasteiger partial charge in [0.15, 0.2) is 0 Å². The minimum atomic E-state index is -0.133. The lowest BCUT2D eigenvalue weighted by molar-refractivity contribution is 0.102. The maximum absolute atomic E-state index is 12.6. The summed E-state index contributed by atoms with van der Waals surface area (Å²) < 4.78 is 4.10. The average molecular weight is 341 g/mol. The van der Waals surface area contributed by atoms with Crippen molar-refractivity contribution in [1.29, 1.82) is 0 Å². The molecule has 23 heavy (non-hydrogen) atoms. The zero-order valence-electron chi connectivity index (χ0n) is 12.4. The fraction of sp³-hybridized carbons (Fsp3) is 0.0588. The van der Waals surface area contributed by atoms with Crippen molar-refractivity contribution in [2.45, 2.75) is 0 Å². The van der Waals surface area contributed by atoms with Gasteiger partial charge in [-0.15, -0.1) is 11.3 Å². The number of anilines is 1. The van der Waals surface area contributed by atoms with Crippen LogP contribution in [-0.2, 0) is 0 Å². The van der Waals surface area contributed by atoms with E-state index in [2.05, 4.69) is 9.71 Å². The lowest BCUT2D eigenvalue weighted by atomic mass is 10.0. The molecule has 3 rings (SSSR count). The van der Waals surface area contributed by atoms with E-state index in [1.165, 1.54) is 23.3 Å². The van der Waals surface area contributed by atoms with Gasteiger partial charge in [0.2, 0.25) is 0 Å². The van der Waals surface area contributed by atoms with Crippen molar-refractivity contribution in [3.8, 4) is 0 Å². The first-order valence-corrected chi connectivity index (χ1v) is 9.00. The number of carbonyl (C=O) groups excluding carboxylic acids is 1. The van der Waals surface area contributed by atoms with Gasteiger partial charge >= 0.3 is 0 Å². The quantitative estimate of drug-likeness (QED) is 0.426. The van der Waals surface area contributed by atoms with Crippen LogP contribution in [0.2, 0.25) is 0 Å². The van der Waals surface area contributed by atoms with Crippen LogP contribution in [0.4, 0.5) is 5.69 Å². The van der Waals surface area contributed by atoms with Crippen molar-refractivity contribution in [1.82, 2.24) is 0 Å². The highest BCUT2D eigenvalue weighted by molar-refractivity contribution is 7.97. The molecule has 0 spiro atoms. The first-order chi connectivity index (χ1) is 11.2. The Morgan fingerprint density at radius 3 is 2.83 bits per heavy atom. The lowest BCUT2D eigenvalue weighted by Gasteiger charge is -2.06. The molecule has 0 aliphatic carbocycles.